The molecule has 0 bridgehead atoms. The lowest BCUT2D eigenvalue weighted by Crippen LogP contribution is -2.22. The van der Waals surface area contributed by atoms with Crippen LogP contribution in [0.3, 0.4) is 0 Å². The Balaban J connectivity index is 2.24. The number of hydrogen-bond donors (Lipinski definition) is 0. The molecule has 1 atom stereocenters. The van der Waals surface area contributed by atoms with E-state index in [1.807, 2.05) is 43.3 Å². The van der Waals surface area contributed by atoms with Crippen LogP contribution in [0, 0.1) is 5.92 Å². The molecule has 1 aromatic rings. The molecule has 1 rings (SSSR count). The van der Waals surface area contributed by atoms with Gasteiger partial charge in [0, 0.05) is 19.6 Å². The molecule has 0 N–H and O–H groups in total. The van der Waals surface area contributed by atoms with Gasteiger partial charge in [-0.2, -0.15) is 0 Å². The van der Waals surface area contributed by atoms with E-state index in [4.69, 9.17) is 9.47 Å². The first-order valence-electron chi connectivity index (χ1n) is 9.93. The van der Waals surface area contributed by atoms with Crippen LogP contribution >= 0.6 is 0 Å². The van der Waals surface area contributed by atoms with Gasteiger partial charge < -0.3 is 9.47 Å². The van der Waals surface area contributed by atoms with Gasteiger partial charge in [0.2, 0.25) is 0 Å². The average Bonchev–Trinajstić information content (AvgIpc) is 2.62. The molecule has 0 aliphatic carbocycles. The number of hydrogen-bond acceptors (Lipinski definition) is 3. The molecule has 27 heavy (non-hydrogen) atoms. The van der Waals surface area contributed by atoms with Crippen LogP contribution in [0.2, 0.25) is 0 Å². The molecule has 0 amide bonds. The van der Waals surface area contributed by atoms with Gasteiger partial charge in [0.25, 0.3) is 0 Å². The molecule has 0 fully saturated rings. The van der Waals surface area contributed by atoms with Gasteiger partial charge in [-0.1, -0.05) is 62.2 Å². The molecule has 0 aliphatic heterocycles. The molecule has 3 heteroatoms. The summed E-state index contributed by atoms with van der Waals surface area (Å²) < 4.78 is 10.7. The lowest BCUT2D eigenvalue weighted by Gasteiger charge is -2.23. The summed E-state index contributed by atoms with van der Waals surface area (Å²) in [5.41, 5.74) is 2.07. The summed E-state index contributed by atoms with van der Waals surface area (Å²) in [5, 5.41) is 0. The zero-order valence-electron chi connectivity index (χ0n) is 17.7. The molecular weight excluding hydrogens is 336 g/mol. The Morgan fingerprint density at radius 3 is 2.59 bits per heavy atom. The lowest BCUT2D eigenvalue weighted by atomic mass is 9.95. The minimum absolute atomic E-state index is 0.0320. The van der Waals surface area contributed by atoms with Crippen LogP contribution in [-0.2, 0) is 20.7 Å². The fourth-order valence-corrected chi connectivity index (χ4v) is 2.77. The Kier molecular flexibility index (Phi) is 10.7. The molecular formula is C24H36O3. The smallest absolute Gasteiger partial charge is 0.331 e. The highest BCUT2D eigenvalue weighted by atomic mass is 16.5. The van der Waals surface area contributed by atoms with E-state index in [0.29, 0.717) is 12.5 Å². The van der Waals surface area contributed by atoms with Crippen molar-refractivity contribution in [2.24, 2.45) is 5.92 Å². The molecule has 3 nitrogen and oxygen atoms in total. The zero-order chi connectivity index (χ0) is 20.1. The van der Waals surface area contributed by atoms with Crippen molar-refractivity contribution in [2.45, 2.75) is 65.4 Å². The summed E-state index contributed by atoms with van der Waals surface area (Å²) in [6.07, 6.45) is 10.9. The van der Waals surface area contributed by atoms with E-state index in [1.54, 1.807) is 13.2 Å². The van der Waals surface area contributed by atoms with Gasteiger partial charge in [-0.15, -0.1) is 0 Å². The standard InChI is InChI=1S/C24H36O3/c1-20(13-10-17-24(3,4)26-5)11-9-12-21(2)19-23(25)27-18-16-22-14-7-6-8-15-22/h6-9,12,14-15,19-20H,10-11,13,16-18H2,1-5H3/b12-9+,21-19+. The van der Waals surface area contributed by atoms with E-state index in [2.05, 4.69) is 26.8 Å². The Hall–Kier alpha value is -1.87. The molecule has 0 aromatic heterocycles. The highest BCUT2D eigenvalue weighted by molar-refractivity contribution is 5.83. The minimum atomic E-state index is -0.275. The Morgan fingerprint density at radius 1 is 1.22 bits per heavy atom. The van der Waals surface area contributed by atoms with E-state index in [-0.39, 0.29) is 11.6 Å². The van der Waals surface area contributed by atoms with Crippen molar-refractivity contribution in [3.63, 3.8) is 0 Å². The van der Waals surface area contributed by atoms with E-state index in [0.717, 1.165) is 24.8 Å². The maximum Gasteiger partial charge on any atom is 0.331 e. The van der Waals surface area contributed by atoms with E-state index < -0.39 is 0 Å². The number of carbonyl (C=O) groups excluding carboxylic acids is 1. The van der Waals surface area contributed by atoms with Gasteiger partial charge in [-0.3, -0.25) is 0 Å². The van der Waals surface area contributed by atoms with Crippen LogP contribution < -0.4 is 0 Å². The number of allylic oxidation sites excluding steroid dienone is 3. The predicted molar refractivity (Wildman–Crippen MR) is 113 cm³/mol. The number of ether oxygens (including phenoxy) is 2. The second-order valence-corrected chi connectivity index (χ2v) is 7.89. The van der Waals surface area contributed by atoms with Gasteiger partial charge in [0.15, 0.2) is 0 Å². The summed E-state index contributed by atoms with van der Waals surface area (Å²) in [6, 6.07) is 10.0. The topological polar surface area (TPSA) is 35.5 Å². The second-order valence-electron chi connectivity index (χ2n) is 7.89. The fourth-order valence-electron chi connectivity index (χ4n) is 2.77. The second kappa shape index (κ2) is 12.5. The number of carbonyl (C=O) groups is 1. The van der Waals surface area contributed by atoms with Crippen molar-refractivity contribution in [3.8, 4) is 0 Å². The van der Waals surface area contributed by atoms with Crippen LogP contribution in [0.5, 0.6) is 0 Å². The third kappa shape index (κ3) is 11.4. The summed E-state index contributed by atoms with van der Waals surface area (Å²) in [5.74, 6) is 0.349. The molecule has 0 spiro atoms. The number of rotatable bonds is 12. The van der Waals surface area contributed by atoms with Crippen molar-refractivity contribution in [3.05, 3.63) is 59.7 Å². The lowest BCUT2D eigenvalue weighted by molar-refractivity contribution is -0.137. The van der Waals surface area contributed by atoms with Crippen LogP contribution in [0.1, 0.15) is 58.9 Å². The Morgan fingerprint density at radius 2 is 1.93 bits per heavy atom. The number of esters is 1. The minimum Gasteiger partial charge on any atom is -0.462 e. The summed E-state index contributed by atoms with van der Waals surface area (Å²) in [7, 11) is 1.77. The third-order valence-electron chi connectivity index (χ3n) is 4.77. The highest BCUT2D eigenvalue weighted by Crippen LogP contribution is 2.20. The SMILES string of the molecule is COC(C)(C)CCCC(C)C/C=C/C(C)=C/C(=O)OCCc1ccccc1. The van der Waals surface area contributed by atoms with Crippen molar-refractivity contribution >= 4 is 5.97 Å². The first-order chi connectivity index (χ1) is 12.8. The van der Waals surface area contributed by atoms with Crippen molar-refractivity contribution in [1.82, 2.24) is 0 Å². The maximum absolute atomic E-state index is 11.9. The van der Waals surface area contributed by atoms with Crippen LogP contribution in [0.15, 0.2) is 54.1 Å². The summed E-state index contributed by atoms with van der Waals surface area (Å²) >= 11 is 0. The quantitative estimate of drug-likeness (QED) is 0.260. The maximum atomic E-state index is 11.9. The van der Waals surface area contributed by atoms with Crippen LogP contribution in [0.4, 0.5) is 0 Å². The van der Waals surface area contributed by atoms with Crippen molar-refractivity contribution in [1.29, 1.82) is 0 Å². The Labute approximate surface area is 165 Å². The first-order valence-corrected chi connectivity index (χ1v) is 9.93. The van der Waals surface area contributed by atoms with Crippen molar-refractivity contribution in [2.75, 3.05) is 13.7 Å². The predicted octanol–water partition coefficient (Wildman–Crippen LogP) is 5.90. The normalized spacial score (nSPS) is 13.7. The van der Waals surface area contributed by atoms with Crippen LogP contribution in [-0.4, -0.2) is 25.3 Å². The van der Waals surface area contributed by atoms with Gasteiger partial charge >= 0.3 is 5.97 Å². The molecule has 1 aromatic carbocycles. The largest absolute Gasteiger partial charge is 0.462 e. The van der Waals surface area contributed by atoms with E-state index in [9.17, 15) is 4.79 Å². The molecule has 150 valence electrons. The fraction of sp³-hybridized carbons (Fsp3) is 0.542. The van der Waals surface area contributed by atoms with Gasteiger partial charge in [-0.25, -0.2) is 4.79 Å². The molecule has 0 heterocycles. The number of benzene rings is 1. The molecule has 0 saturated heterocycles. The third-order valence-corrected chi connectivity index (χ3v) is 4.77. The zero-order valence-corrected chi connectivity index (χ0v) is 17.7. The van der Waals surface area contributed by atoms with Gasteiger partial charge in [0.05, 0.1) is 12.2 Å². The van der Waals surface area contributed by atoms with Gasteiger partial charge in [0.1, 0.15) is 0 Å². The summed E-state index contributed by atoms with van der Waals surface area (Å²) in [6.45, 7) is 8.86. The monoisotopic (exact) mass is 372 g/mol. The summed E-state index contributed by atoms with van der Waals surface area (Å²) in [4.78, 5) is 11.9. The highest BCUT2D eigenvalue weighted by Gasteiger charge is 2.15. The average molecular weight is 373 g/mol. The molecule has 1 unspecified atom stereocenters. The van der Waals surface area contributed by atoms with Crippen molar-refractivity contribution < 1.29 is 14.3 Å². The molecule has 0 aliphatic rings. The van der Waals surface area contributed by atoms with E-state index in [1.165, 1.54) is 18.4 Å². The number of methoxy groups -OCH3 is 1. The van der Waals surface area contributed by atoms with Gasteiger partial charge in [-0.05, 0) is 50.7 Å². The molecule has 0 saturated carbocycles. The van der Waals surface area contributed by atoms with Crippen LogP contribution in [0.25, 0.3) is 0 Å². The first kappa shape index (κ1) is 23.2. The van der Waals surface area contributed by atoms with E-state index >= 15 is 0 Å². The molecule has 0 radical (unpaired) electrons. The Bertz CT molecular complexity index is 599.